The van der Waals surface area contributed by atoms with E-state index in [9.17, 15) is 0 Å². The molecule has 2 fully saturated rings. The van der Waals surface area contributed by atoms with Gasteiger partial charge in [0.05, 0.1) is 13.2 Å². The summed E-state index contributed by atoms with van der Waals surface area (Å²) in [7, 11) is 0. The molecule has 2 aromatic rings. The van der Waals surface area contributed by atoms with Gasteiger partial charge in [-0.25, -0.2) is 0 Å². The van der Waals surface area contributed by atoms with E-state index < -0.39 is 0 Å². The van der Waals surface area contributed by atoms with E-state index in [4.69, 9.17) is 9.47 Å². The third kappa shape index (κ3) is 8.57. The third-order valence-electron chi connectivity index (χ3n) is 5.03. The van der Waals surface area contributed by atoms with Crippen LogP contribution in [0.5, 0.6) is 11.5 Å². The Kier molecular flexibility index (Phi) is 10.6. The summed E-state index contributed by atoms with van der Waals surface area (Å²) in [5.41, 5.74) is 5.03. The number of hydrogen-bond acceptors (Lipinski definition) is 3. The second-order valence-corrected chi connectivity index (χ2v) is 8.05. The van der Waals surface area contributed by atoms with Crippen LogP contribution in [0.3, 0.4) is 0 Å². The van der Waals surface area contributed by atoms with E-state index in [0.717, 1.165) is 36.5 Å². The zero-order valence-corrected chi connectivity index (χ0v) is 20.1. The van der Waals surface area contributed by atoms with Gasteiger partial charge in [-0.2, -0.15) is 0 Å². The molecule has 0 atom stereocenters. The van der Waals surface area contributed by atoms with Gasteiger partial charge in [0, 0.05) is 0 Å². The summed E-state index contributed by atoms with van der Waals surface area (Å²) in [4.78, 5) is 0. The van der Waals surface area contributed by atoms with Crippen molar-refractivity contribution in [3.05, 3.63) is 58.7 Å². The van der Waals surface area contributed by atoms with E-state index in [-0.39, 0.29) is 35.0 Å². The molecule has 0 radical (unpaired) electrons. The Balaban J connectivity index is 0.000000261. The van der Waals surface area contributed by atoms with Crippen LogP contribution in [-0.2, 0) is 0 Å². The van der Waals surface area contributed by atoms with Gasteiger partial charge >= 0.3 is 29.6 Å². The van der Waals surface area contributed by atoms with Crippen molar-refractivity contribution in [3.8, 4) is 11.5 Å². The molecule has 0 spiro atoms. The summed E-state index contributed by atoms with van der Waals surface area (Å²) >= 11 is 0. The van der Waals surface area contributed by atoms with Crippen LogP contribution in [0.4, 0.5) is 0 Å². The molecule has 2 aliphatic rings. The number of hydrogen-bond donors (Lipinski definition) is 0. The fourth-order valence-corrected chi connectivity index (χ4v) is 2.71. The van der Waals surface area contributed by atoms with Gasteiger partial charge in [0.25, 0.3) is 0 Å². The maximum absolute atomic E-state index is 5.74. The molecule has 0 bridgehead atoms. The Hall–Kier alpha value is -1.00. The van der Waals surface area contributed by atoms with Gasteiger partial charge in [0.1, 0.15) is 11.5 Å². The SMILES string of the molecule is Cc1ccc(C)c(OCC2CC2)c1.Cc1ccc(C)c(OCC2CC2)c1.[Na+].[OH-]. The molecule has 0 aliphatic heterocycles. The fraction of sp³-hybridized carbons (Fsp3) is 0.500. The van der Waals surface area contributed by atoms with Gasteiger partial charge in [0.15, 0.2) is 0 Å². The molecule has 0 amide bonds. The molecule has 0 aromatic heterocycles. The van der Waals surface area contributed by atoms with Crippen LogP contribution in [0.2, 0.25) is 0 Å². The van der Waals surface area contributed by atoms with E-state index in [2.05, 4.69) is 64.1 Å². The normalized spacial score (nSPS) is 14.7. The van der Waals surface area contributed by atoms with Crippen molar-refractivity contribution in [2.75, 3.05) is 13.2 Å². The Morgan fingerprint density at radius 1 is 0.679 bits per heavy atom. The van der Waals surface area contributed by atoms with Crippen LogP contribution in [0.1, 0.15) is 47.9 Å². The molecule has 0 saturated heterocycles. The van der Waals surface area contributed by atoms with Gasteiger partial charge in [0.2, 0.25) is 0 Å². The van der Waals surface area contributed by atoms with Gasteiger partial charge in [-0.15, -0.1) is 0 Å². The van der Waals surface area contributed by atoms with E-state index in [1.165, 1.54) is 47.9 Å². The first-order valence-corrected chi connectivity index (χ1v) is 9.91. The maximum Gasteiger partial charge on any atom is 1.00 e. The van der Waals surface area contributed by atoms with Gasteiger partial charge in [-0.3, -0.25) is 0 Å². The average Bonchev–Trinajstić information content (AvgIpc) is 3.52. The smallest absolute Gasteiger partial charge is 0.870 e. The average molecular weight is 393 g/mol. The van der Waals surface area contributed by atoms with Gasteiger partial charge in [-0.05, 0) is 99.6 Å². The van der Waals surface area contributed by atoms with Crippen molar-refractivity contribution in [2.24, 2.45) is 11.8 Å². The van der Waals surface area contributed by atoms with Crippen LogP contribution in [0.15, 0.2) is 36.4 Å². The van der Waals surface area contributed by atoms with Crippen molar-refractivity contribution in [3.63, 3.8) is 0 Å². The molecule has 1 N–H and O–H groups in total. The molecule has 2 aliphatic carbocycles. The second-order valence-electron chi connectivity index (χ2n) is 8.05. The monoisotopic (exact) mass is 392 g/mol. The molecule has 0 unspecified atom stereocenters. The number of rotatable bonds is 6. The maximum atomic E-state index is 5.74. The van der Waals surface area contributed by atoms with E-state index >= 15 is 0 Å². The number of ether oxygens (including phenoxy) is 2. The summed E-state index contributed by atoms with van der Waals surface area (Å²) in [6, 6.07) is 12.7. The summed E-state index contributed by atoms with van der Waals surface area (Å²) in [5, 5.41) is 0. The summed E-state index contributed by atoms with van der Waals surface area (Å²) in [6.45, 7) is 10.2. The van der Waals surface area contributed by atoms with Crippen molar-refractivity contribution in [1.29, 1.82) is 0 Å². The Morgan fingerprint density at radius 3 is 1.36 bits per heavy atom. The van der Waals surface area contributed by atoms with Crippen LogP contribution >= 0.6 is 0 Å². The predicted molar refractivity (Wildman–Crippen MR) is 110 cm³/mol. The van der Waals surface area contributed by atoms with E-state index in [0.29, 0.717) is 0 Å². The molecule has 3 nitrogen and oxygen atoms in total. The van der Waals surface area contributed by atoms with Crippen molar-refractivity contribution in [2.45, 2.75) is 53.4 Å². The number of benzene rings is 2. The minimum atomic E-state index is 0. The first-order chi connectivity index (χ1) is 12.5. The largest absolute Gasteiger partial charge is 1.00 e. The molecule has 4 rings (SSSR count). The zero-order chi connectivity index (χ0) is 18.5. The number of aryl methyl sites for hydroxylation is 4. The van der Waals surface area contributed by atoms with E-state index in [1.54, 1.807) is 0 Å². The fourth-order valence-electron chi connectivity index (χ4n) is 2.71. The molecular formula is C24H33NaO3. The molecule has 148 valence electrons. The summed E-state index contributed by atoms with van der Waals surface area (Å²) in [6.07, 6.45) is 5.41. The van der Waals surface area contributed by atoms with Crippen LogP contribution in [0.25, 0.3) is 0 Å². The van der Waals surface area contributed by atoms with Crippen molar-refractivity contribution in [1.82, 2.24) is 0 Å². The third-order valence-corrected chi connectivity index (χ3v) is 5.03. The molecule has 2 saturated carbocycles. The Labute approximate surface area is 192 Å². The topological polar surface area (TPSA) is 48.5 Å². The zero-order valence-electron chi connectivity index (χ0n) is 18.1. The van der Waals surface area contributed by atoms with Crippen molar-refractivity contribution < 1.29 is 44.5 Å². The first kappa shape index (κ1) is 25.0. The standard InChI is InChI=1S/2C12H16O.Na.H2O/c2*1-9-3-4-10(2)12(7-9)13-8-11-5-6-11;;/h2*3-4,7,11H,5-6,8H2,1-2H3;;1H2/q;;+1;/p-1. The minimum Gasteiger partial charge on any atom is -0.870 e. The van der Waals surface area contributed by atoms with Crippen LogP contribution in [0, 0.1) is 39.5 Å². The van der Waals surface area contributed by atoms with Gasteiger partial charge < -0.3 is 14.9 Å². The Morgan fingerprint density at radius 2 is 1.04 bits per heavy atom. The molecule has 2 aromatic carbocycles. The first-order valence-electron chi connectivity index (χ1n) is 9.91. The van der Waals surface area contributed by atoms with E-state index in [1.807, 2.05) is 0 Å². The van der Waals surface area contributed by atoms with Gasteiger partial charge in [-0.1, -0.05) is 24.3 Å². The molecule has 0 heterocycles. The minimum absolute atomic E-state index is 0. The van der Waals surface area contributed by atoms with Crippen LogP contribution in [-0.4, -0.2) is 18.7 Å². The molecule has 4 heteroatoms. The predicted octanol–water partition coefficient (Wildman–Crippen LogP) is 3.01. The quantitative estimate of drug-likeness (QED) is 0.710. The molecular weight excluding hydrogens is 359 g/mol. The van der Waals surface area contributed by atoms with Crippen molar-refractivity contribution >= 4 is 0 Å². The van der Waals surface area contributed by atoms with Crippen LogP contribution < -0.4 is 39.0 Å². The summed E-state index contributed by atoms with van der Waals surface area (Å²) in [5.74, 6) is 3.79. The summed E-state index contributed by atoms with van der Waals surface area (Å²) < 4.78 is 11.5. The second kappa shape index (κ2) is 11.9. The Bertz CT molecular complexity index is 673. The molecule has 28 heavy (non-hydrogen) atoms.